The lowest BCUT2D eigenvalue weighted by atomic mass is 9.91. The van der Waals surface area contributed by atoms with Crippen LogP contribution < -0.4 is 4.90 Å². The van der Waals surface area contributed by atoms with Crippen LogP contribution >= 0.6 is 0 Å². The van der Waals surface area contributed by atoms with Crippen molar-refractivity contribution in [2.75, 3.05) is 4.90 Å². The average Bonchev–Trinajstić information content (AvgIpc) is 3.94. The third kappa shape index (κ3) is 3.76. The molecule has 0 radical (unpaired) electrons. The maximum Gasteiger partial charge on any atom is 0.144 e. The van der Waals surface area contributed by atoms with Crippen molar-refractivity contribution < 1.29 is 8.83 Å². The fourth-order valence-electron chi connectivity index (χ4n) is 9.10. The molecule has 2 atom stereocenters. The number of anilines is 2. The standard InChI is InChI=1S/C48H30N2O2/c1-2-12-29(13-3-1)46-47-38-27-31(50-41-20-10-6-16-34(41)35-17-7-11-21-42(35)50)23-25-44(38)51-45(47)28-37-36-26-30(22-24-43(36)52-48(37)46)49-39-18-8-4-14-32(39)33-15-5-9-19-40(33)49/h1-28,34,41H. The molecule has 0 saturated heterocycles. The first kappa shape index (κ1) is 28.0. The van der Waals surface area contributed by atoms with Crippen LogP contribution in [0.4, 0.5) is 11.4 Å². The molecule has 0 amide bonds. The van der Waals surface area contributed by atoms with Gasteiger partial charge in [0.25, 0.3) is 0 Å². The largest absolute Gasteiger partial charge is 0.456 e. The lowest BCUT2D eigenvalue weighted by Crippen LogP contribution is -2.28. The minimum Gasteiger partial charge on any atom is -0.456 e. The van der Waals surface area contributed by atoms with Gasteiger partial charge in [-0.3, -0.25) is 0 Å². The zero-order valence-electron chi connectivity index (χ0n) is 28.0. The van der Waals surface area contributed by atoms with E-state index >= 15 is 0 Å². The first-order valence-electron chi connectivity index (χ1n) is 17.9. The molecule has 244 valence electrons. The predicted octanol–water partition coefficient (Wildman–Crippen LogP) is 13.0. The first-order chi connectivity index (χ1) is 25.8. The fraction of sp³-hybridized carbons (Fsp3) is 0.0417. The van der Waals surface area contributed by atoms with Gasteiger partial charge >= 0.3 is 0 Å². The molecular formula is C48H30N2O2. The van der Waals surface area contributed by atoms with E-state index in [0.717, 1.165) is 66.4 Å². The van der Waals surface area contributed by atoms with Crippen molar-refractivity contribution in [3.8, 4) is 16.8 Å². The van der Waals surface area contributed by atoms with Crippen LogP contribution in [-0.4, -0.2) is 10.6 Å². The highest BCUT2D eigenvalue weighted by Gasteiger charge is 2.37. The molecule has 7 aromatic carbocycles. The molecule has 4 heterocycles. The Morgan fingerprint density at radius 3 is 1.98 bits per heavy atom. The van der Waals surface area contributed by atoms with Gasteiger partial charge in [-0.1, -0.05) is 109 Å². The lowest BCUT2D eigenvalue weighted by Gasteiger charge is -2.28. The SMILES string of the molecule is C1=CC2c3ccccc3N(c3ccc4oc5cc6c(oc7ccc(-n8c9ccccc9c9ccccc98)cc76)c(-c6ccccc6)c5c4c3)C2C=C1. The number of nitrogens with zero attached hydrogens (tertiary/aromatic N) is 2. The Hall–Kier alpha value is -6.78. The van der Waals surface area contributed by atoms with Crippen molar-refractivity contribution in [2.24, 2.45) is 0 Å². The monoisotopic (exact) mass is 666 g/mol. The molecule has 52 heavy (non-hydrogen) atoms. The maximum atomic E-state index is 6.88. The molecule has 0 N–H and O–H groups in total. The Bertz CT molecular complexity index is 3100. The molecule has 0 fully saturated rings. The molecular weight excluding hydrogens is 637 g/mol. The summed E-state index contributed by atoms with van der Waals surface area (Å²) in [6, 6.07) is 52.3. The molecule has 0 saturated carbocycles. The minimum absolute atomic E-state index is 0.220. The van der Waals surface area contributed by atoms with Crippen LogP contribution in [0.3, 0.4) is 0 Å². The summed E-state index contributed by atoms with van der Waals surface area (Å²) in [6.45, 7) is 0. The summed E-state index contributed by atoms with van der Waals surface area (Å²) in [5, 5.41) is 6.74. The van der Waals surface area contributed by atoms with Crippen molar-refractivity contribution in [1.29, 1.82) is 0 Å². The lowest BCUT2D eigenvalue weighted by molar-refractivity contribution is 0.664. The molecule has 3 aromatic heterocycles. The maximum absolute atomic E-state index is 6.88. The molecule has 1 aliphatic heterocycles. The van der Waals surface area contributed by atoms with E-state index in [0.29, 0.717) is 5.92 Å². The molecule has 12 rings (SSSR count). The van der Waals surface area contributed by atoms with Gasteiger partial charge in [-0.05, 0) is 71.8 Å². The summed E-state index contributed by atoms with van der Waals surface area (Å²) in [4.78, 5) is 2.48. The Morgan fingerprint density at radius 2 is 1.15 bits per heavy atom. The molecule has 4 heteroatoms. The molecule has 0 spiro atoms. The van der Waals surface area contributed by atoms with E-state index < -0.39 is 0 Å². The highest BCUT2D eigenvalue weighted by molar-refractivity contribution is 6.24. The van der Waals surface area contributed by atoms with Crippen LogP contribution in [0.15, 0.2) is 179 Å². The van der Waals surface area contributed by atoms with Crippen molar-refractivity contribution >= 4 is 77.1 Å². The van der Waals surface area contributed by atoms with Gasteiger partial charge in [0, 0.05) is 60.9 Å². The fourth-order valence-corrected chi connectivity index (χ4v) is 9.10. The smallest absolute Gasteiger partial charge is 0.144 e. The second kappa shape index (κ2) is 10.4. The summed E-state index contributed by atoms with van der Waals surface area (Å²) >= 11 is 0. The average molecular weight is 667 g/mol. The number of fused-ring (bicyclic) bond motifs is 12. The highest BCUT2D eigenvalue weighted by Crippen LogP contribution is 2.50. The van der Waals surface area contributed by atoms with Crippen molar-refractivity contribution in [1.82, 2.24) is 4.57 Å². The zero-order valence-corrected chi connectivity index (χ0v) is 28.0. The van der Waals surface area contributed by atoms with E-state index in [1.54, 1.807) is 0 Å². The summed E-state index contributed by atoms with van der Waals surface area (Å²) in [7, 11) is 0. The van der Waals surface area contributed by atoms with E-state index in [1.807, 2.05) is 0 Å². The van der Waals surface area contributed by atoms with Gasteiger partial charge in [-0.2, -0.15) is 0 Å². The Balaban J connectivity index is 1.12. The van der Waals surface area contributed by atoms with Gasteiger partial charge in [0.15, 0.2) is 0 Å². The molecule has 10 aromatic rings. The van der Waals surface area contributed by atoms with Gasteiger partial charge in [-0.15, -0.1) is 0 Å². The molecule has 2 aliphatic rings. The van der Waals surface area contributed by atoms with E-state index in [2.05, 4.69) is 179 Å². The summed E-state index contributed by atoms with van der Waals surface area (Å²) in [6.07, 6.45) is 8.99. The van der Waals surface area contributed by atoms with Crippen LogP contribution in [0.2, 0.25) is 0 Å². The van der Waals surface area contributed by atoms with Gasteiger partial charge in [-0.25, -0.2) is 0 Å². The number of aromatic nitrogens is 1. The number of allylic oxidation sites excluding steroid dienone is 2. The topological polar surface area (TPSA) is 34.5 Å². The van der Waals surface area contributed by atoms with Crippen LogP contribution in [0.25, 0.3) is 82.5 Å². The van der Waals surface area contributed by atoms with Gasteiger partial charge in [0.1, 0.15) is 22.3 Å². The van der Waals surface area contributed by atoms with Crippen molar-refractivity contribution in [2.45, 2.75) is 12.0 Å². The minimum atomic E-state index is 0.220. The number of para-hydroxylation sites is 3. The van der Waals surface area contributed by atoms with Crippen molar-refractivity contribution in [3.05, 3.63) is 175 Å². The van der Waals surface area contributed by atoms with Crippen LogP contribution in [0.1, 0.15) is 11.5 Å². The first-order valence-corrected chi connectivity index (χ1v) is 17.9. The zero-order chi connectivity index (χ0) is 33.9. The van der Waals surface area contributed by atoms with Crippen molar-refractivity contribution in [3.63, 3.8) is 0 Å². The quantitative estimate of drug-likeness (QED) is 0.188. The second-order valence-electron chi connectivity index (χ2n) is 14.0. The molecule has 2 unspecified atom stereocenters. The van der Waals surface area contributed by atoms with Crippen LogP contribution in [-0.2, 0) is 0 Å². The second-order valence-corrected chi connectivity index (χ2v) is 14.0. The highest BCUT2D eigenvalue weighted by atomic mass is 16.3. The Kier molecular flexibility index (Phi) is 5.58. The van der Waals surface area contributed by atoms with Crippen LogP contribution in [0.5, 0.6) is 0 Å². The van der Waals surface area contributed by atoms with E-state index in [4.69, 9.17) is 8.83 Å². The molecule has 0 bridgehead atoms. The predicted molar refractivity (Wildman–Crippen MR) is 214 cm³/mol. The van der Waals surface area contributed by atoms with Gasteiger partial charge in [0.2, 0.25) is 0 Å². The van der Waals surface area contributed by atoms with Crippen LogP contribution in [0, 0.1) is 0 Å². The summed E-state index contributed by atoms with van der Waals surface area (Å²) in [5.74, 6) is 0.320. The normalized spacial score (nSPS) is 16.7. The third-order valence-electron chi connectivity index (χ3n) is 11.3. The van der Waals surface area contributed by atoms with Gasteiger partial charge in [0.05, 0.1) is 17.1 Å². The van der Waals surface area contributed by atoms with E-state index in [-0.39, 0.29) is 6.04 Å². The summed E-state index contributed by atoms with van der Waals surface area (Å²) in [5.41, 5.74) is 12.8. The molecule has 4 nitrogen and oxygen atoms in total. The Morgan fingerprint density at radius 1 is 0.481 bits per heavy atom. The van der Waals surface area contributed by atoms with E-state index in [9.17, 15) is 0 Å². The van der Waals surface area contributed by atoms with Gasteiger partial charge < -0.3 is 18.3 Å². The summed E-state index contributed by atoms with van der Waals surface area (Å²) < 4.78 is 16.0. The number of benzene rings is 7. The number of hydrogen-bond donors (Lipinski definition) is 0. The number of rotatable bonds is 3. The Labute approximate surface area is 298 Å². The number of hydrogen-bond acceptors (Lipinski definition) is 3. The third-order valence-corrected chi connectivity index (χ3v) is 11.3. The number of furan rings is 2. The molecule has 1 aliphatic carbocycles. The van der Waals surface area contributed by atoms with E-state index in [1.165, 1.54) is 33.1 Å².